The summed E-state index contributed by atoms with van der Waals surface area (Å²) in [4.78, 5) is 5.13. The second-order valence-electron chi connectivity index (χ2n) is 2.46. The lowest BCUT2D eigenvalue weighted by atomic mass is 10.5. The number of pyridine rings is 1. The van der Waals surface area contributed by atoms with Crippen molar-refractivity contribution in [2.75, 3.05) is 24.7 Å². The molecule has 3 nitrogen and oxygen atoms in total. The van der Waals surface area contributed by atoms with Gasteiger partial charge in [0.1, 0.15) is 5.82 Å². The van der Waals surface area contributed by atoms with E-state index in [0.717, 1.165) is 23.9 Å². The van der Waals surface area contributed by atoms with E-state index in [-0.39, 0.29) is 0 Å². The molecule has 0 atom stereocenters. The minimum Gasteiger partial charge on any atom is -0.384 e. The Morgan fingerprint density at radius 1 is 1.54 bits per heavy atom. The third kappa shape index (κ3) is 4.15. The minimum atomic E-state index is 0.564. The summed E-state index contributed by atoms with van der Waals surface area (Å²) in [6.45, 7) is 3.56. The van der Waals surface area contributed by atoms with Gasteiger partial charge in [-0.3, -0.25) is 0 Å². The third-order valence-corrected chi connectivity index (χ3v) is 2.41. The molecule has 1 rings (SSSR count). The Labute approximate surface area is 82.7 Å². The van der Waals surface area contributed by atoms with E-state index < -0.39 is 0 Å². The molecule has 72 valence electrons. The predicted molar refractivity (Wildman–Crippen MR) is 55.9 cm³/mol. The number of rotatable bonds is 5. The van der Waals surface area contributed by atoms with Gasteiger partial charge in [0.15, 0.2) is 0 Å². The zero-order valence-corrected chi connectivity index (χ0v) is 8.51. The molecule has 0 aliphatic rings. The summed E-state index contributed by atoms with van der Waals surface area (Å²) in [5, 5.41) is 0. The molecular weight excluding hydrogens is 184 g/mol. The Morgan fingerprint density at radius 3 is 3.00 bits per heavy atom. The molecule has 0 radical (unpaired) electrons. The summed E-state index contributed by atoms with van der Waals surface area (Å²) >= 11 is 1.73. The number of aromatic nitrogens is 1. The maximum absolute atomic E-state index is 5.46. The first-order valence-corrected chi connectivity index (χ1v) is 5.23. The first-order chi connectivity index (χ1) is 6.33. The van der Waals surface area contributed by atoms with E-state index in [0.29, 0.717) is 5.82 Å². The Bertz CT molecular complexity index is 238. The molecule has 0 spiro atoms. The molecular formula is C9H14N2OS. The number of thioether (sulfide) groups is 1. The van der Waals surface area contributed by atoms with Gasteiger partial charge < -0.3 is 10.5 Å². The van der Waals surface area contributed by atoms with Crippen molar-refractivity contribution in [1.29, 1.82) is 0 Å². The van der Waals surface area contributed by atoms with E-state index in [1.165, 1.54) is 0 Å². The molecule has 0 amide bonds. The molecule has 1 heterocycles. The van der Waals surface area contributed by atoms with Gasteiger partial charge in [-0.2, -0.15) is 0 Å². The van der Waals surface area contributed by atoms with Crippen molar-refractivity contribution in [1.82, 2.24) is 4.98 Å². The highest BCUT2D eigenvalue weighted by molar-refractivity contribution is 7.99. The minimum absolute atomic E-state index is 0.564. The maximum atomic E-state index is 5.46. The van der Waals surface area contributed by atoms with Crippen molar-refractivity contribution in [2.24, 2.45) is 0 Å². The van der Waals surface area contributed by atoms with Crippen molar-refractivity contribution in [3.05, 3.63) is 18.3 Å². The number of nitrogens with zero attached hydrogens (tertiary/aromatic N) is 1. The Morgan fingerprint density at radius 2 is 2.38 bits per heavy atom. The number of ether oxygens (including phenoxy) is 1. The van der Waals surface area contributed by atoms with Crippen LogP contribution in [0.25, 0.3) is 0 Å². The van der Waals surface area contributed by atoms with Crippen LogP contribution in [-0.2, 0) is 4.74 Å². The van der Waals surface area contributed by atoms with Gasteiger partial charge >= 0.3 is 0 Å². The monoisotopic (exact) mass is 198 g/mol. The van der Waals surface area contributed by atoms with E-state index in [1.807, 2.05) is 19.1 Å². The van der Waals surface area contributed by atoms with Crippen LogP contribution in [0.2, 0.25) is 0 Å². The van der Waals surface area contributed by atoms with Crippen molar-refractivity contribution in [2.45, 2.75) is 11.8 Å². The summed E-state index contributed by atoms with van der Waals surface area (Å²) in [6.07, 6.45) is 1.78. The van der Waals surface area contributed by atoms with Crippen molar-refractivity contribution < 1.29 is 4.74 Å². The van der Waals surface area contributed by atoms with E-state index in [2.05, 4.69) is 4.98 Å². The molecule has 4 heteroatoms. The zero-order valence-electron chi connectivity index (χ0n) is 7.69. The van der Waals surface area contributed by atoms with Gasteiger partial charge in [-0.15, -0.1) is 11.8 Å². The van der Waals surface area contributed by atoms with Crippen molar-refractivity contribution >= 4 is 17.6 Å². The van der Waals surface area contributed by atoms with Gasteiger partial charge in [0, 0.05) is 23.5 Å². The summed E-state index contributed by atoms with van der Waals surface area (Å²) < 4.78 is 5.21. The average molecular weight is 198 g/mol. The van der Waals surface area contributed by atoms with Crippen LogP contribution in [0.5, 0.6) is 0 Å². The first-order valence-electron chi connectivity index (χ1n) is 4.25. The molecule has 0 saturated heterocycles. The second-order valence-corrected chi connectivity index (χ2v) is 3.63. The smallest absolute Gasteiger partial charge is 0.123 e. The number of nitrogen functional groups attached to an aromatic ring is 1. The number of hydrogen-bond donors (Lipinski definition) is 1. The number of nitrogens with two attached hydrogens (primary N) is 1. The molecule has 0 aliphatic carbocycles. The lowest BCUT2D eigenvalue weighted by molar-refractivity contribution is 0.164. The fourth-order valence-electron chi connectivity index (χ4n) is 0.840. The average Bonchev–Trinajstić information content (AvgIpc) is 2.15. The zero-order chi connectivity index (χ0) is 9.52. The summed E-state index contributed by atoms with van der Waals surface area (Å²) in [7, 11) is 0. The topological polar surface area (TPSA) is 48.1 Å². The van der Waals surface area contributed by atoms with Crippen LogP contribution in [0, 0.1) is 0 Å². The highest BCUT2D eigenvalue weighted by Crippen LogP contribution is 2.16. The van der Waals surface area contributed by atoms with E-state index >= 15 is 0 Å². The van der Waals surface area contributed by atoms with Crippen LogP contribution >= 0.6 is 11.8 Å². The Kier molecular flexibility index (Phi) is 4.64. The lowest BCUT2D eigenvalue weighted by Gasteiger charge is -2.01. The Hall–Kier alpha value is -0.740. The predicted octanol–water partition coefficient (Wildman–Crippen LogP) is 1.79. The molecule has 1 aromatic rings. The van der Waals surface area contributed by atoms with Gasteiger partial charge in [-0.1, -0.05) is 0 Å². The molecule has 0 aromatic carbocycles. The molecule has 1 aromatic heterocycles. The van der Waals surface area contributed by atoms with Crippen LogP contribution in [0.4, 0.5) is 5.82 Å². The van der Waals surface area contributed by atoms with Crippen molar-refractivity contribution in [3.8, 4) is 0 Å². The molecule has 0 saturated carbocycles. The largest absolute Gasteiger partial charge is 0.384 e. The molecule has 2 N–H and O–H groups in total. The normalized spacial score (nSPS) is 10.2. The molecule has 0 unspecified atom stereocenters. The highest BCUT2D eigenvalue weighted by atomic mass is 32.2. The third-order valence-electron chi connectivity index (χ3n) is 1.46. The van der Waals surface area contributed by atoms with Crippen LogP contribution in [0.3, 0.4) is 0 Å². The van der Waals surface area contributed by atoms with Gasteiger partial charge in [-0.25, -0.2) is 4.98 Å². The van der Waals surface area contributed by atoms with E-state index in [4.69, 9.17) is 10.5 Å². The van der Waals surface area contributed by atoms with E-state index in [1.54, 1.807) is 18.0 Å². The Balaban J connectivity index is 2.25. The lowest BCUT2D eigenvalue weighted by Crippen LogP contribution is -1.96. The maximum Gasteiger partial charge on any atom is 0.123 e. The second kappa shape index (κ2) is 5.83. The van der Waals surface area contributed by atoms with E-state index in [9.17, 15) is 0 Å². The van der Waals surface area contributed by atoms with Crippen LogP contribution < -0.4 is 5.73 Å². The van der Waals surface area contributed by atoms with Crippen molar-refractivity contribution in [3.63, 3.8) is 0 Å². The van der Waals surface area contributed by atoms with Gasteiger partial charge in [0.05, 0.1) is 6.61 Å². The quantitative estimate of drug-likeness (QED) is 0.579. The van der Waals surface area contributed by atoms with Gasteiger partial charge in [-0.05, 0) is 19.1 Å². The summed E-state index contributed by atoms with van der Waals surface area (Å²) in [5.41, 5.74) is 5.46. The molecule has 13 heavy (non-hydrogen) atoms. The standard InChI is InChI=1S/C9H14N2OS/c1-2-12-5-6-13-8-3-4-9(10)11-7-8/h3-4,7H,2,5-6H2,1H3,(H2,10,11). The summed E-state index contributed by atoms with van der Waals surface area (Å²) in [6, 6.07) is 3.78. The van der Waals surface area contributed by atoms with Crippen LogP contribution in [-0.4, -0.2) is 24.0 Å². The van der Waals surface area contributed by atoms with Gasteiger partial charge in [0.25, 0.3) is 0 Å². The van der Waals surface area contributed by atoms with Crippen LogP contribution in [0.15, 0.2) is 23.2 Å². The molecule has 0 bridgehead atoms. The SMILES string of the molecule is CCOCCSc1ccc(N)nc1. The first kappa shape index (κ1) is 10.3. The molecule has 0 fully saturated rings. The fourth-order valence-corrected chi connectivity index (χ4v) is 1.57. The summed E-state index contributed by atoms with van der Waals surface area (Å²) in [5.74, 6) is 1.52. The number of hydrogen-bond acceptors (Lipinski definition) is 4. The van der Waals surface area contributed by atoms with Crippen LogP contribution in [0.1, 0.15) is 6.92 Å². The van der Waals surface area contributed by atoms with Gasteiger partial charge in [0.2, 0.25) is 0 Å². The highest BCUT2D eigenvalue weighted by Gasteiger charge is 1.93. The fraction of sp³-hybridized carbons (Fsp3) is 0.444. The number of anilines is 1. The molecule has 0 aliphatic heterocycles.